The molecule has 0 aliphatic rings. The van der Waals surface area contributed by atoms with Gasteiger partial charge in [-0.2, -0.15) is 0 Å². The Morgan fingerprint density at radius 1 is 0.457 bits per heavy atom. The molecule has 0 saturated heterocycles. The molecule has 0 aromatic carbocycles. The minimum absolute atomic E-state index is 0.465. The molecule has 0 rings (SSSR count). The van der Waals surface area contributed by atoms with Crippen molar-refractivity contribution in [2.24, 2.45) is 29.1 Å². The second kappa shape index (κ2) is 25.4. The fourth-order valence-corrected chi connectivity index (χ4v) is 8.31. The van der Waals surface area contributed by atoms with Crippen molar-refractivity contribution in [3.8, 4) is 0 Å². The summed E-state index contributed by atoms with van der Waals surface area (Å²) in [5.41, 5.74) is -5.08. The van der Waals surface area contributed by atoms with E-state index in [0.29, 0.717) is 38.5 Å². The molecule has 0 radical (unpaired) electrons. The van der Waals surface area contributed by atoms with E-state index in [1.807, 2.05) is 0 Å². The third-order valence-electron chi connectivity index (χ3n) is 10.8. The minimum atomic E-state index is -2.96. The molecular weight excluding hydrogens is 580 g/mol. The summed E-state index contributed by atoms with van der Waals surface area (Å²) in [4.78, 5) is 41.6. The predicted octanol–water partition coefficient (Wildman–Crippen LogP) is 10.9. The first-order chi connectivity index (χ1) is 22.0. The first-order valence-electron chi connectivity index (χ1n) is 19.4. The van der Waals surface area contributed by atoms with Crippen LogP contribution in [-0.2, 0) is 14.4 Å². The van der Waals surface area contributed by atoms with E-state index in [1.165, 1.54) is 0 Å². The Balaban J connectivity index is 7.93. The van der Waals surface area contributed by atoms with Gasteiger partial charge in [-0.1, -0.05) is 157 Å². The molecule has 0 spiro atoms. The number of carboxylic acids is 3. The number of hydrogen-bond acceptors (Lipinski definition) is 4. The smallest absolute Gasteiger partial charge is 0.337 e. The van der Waals surface area contributed by atoms with Gasteiger partial charge in [-0.25, -0.2) is 4.79 Å². The molecule has 0 saturated carbocycles. The number of unbranched alkanes of at least 4 members (excludes halogenated alkanes) is 12. The van der Waals surface area contributed by atoms with Crippen LogP contribution in [0.25, 0.3) is 0 Å². The minimum Gasteiger partial charge on any atom is -0.481 e. The fourth-order valence-electron chi connectivity index (χ4n) is 8.31. The van der Waals surface area contributed by atoms with Crippen LogP contribution in [0.15, 0.2) is 0 Å². The van der Waals surface area contributed by atoms with Crippen molar-refractivity contribution >= 4 is 17.9 Å². The molecular formula is C39H74O7. The molecule has 0 heterocycles. The van der Waals surface area contributed by atoms with E-state index in [9.17, 15) is 34.8 Å². The molecule has 7 nitrogen and oxygen atoms in total. The Morgan fingerprint density at radius 2 is 0.739 bits per heavy atom. The molecule has 7 heteroatoms. The summed E-state index contributed by atoms with van der Waals surface area (Å²) in [5, 5.41) is 46.9. The molecule has 0 fully saturated rings. The number of aliphatic carboxylic acids is 3. The lowest BCUT2D eigenvalue weighted by molar-refractivity contribution is -0.230. The van der Waals surface area contributed by atoms with Crippen molar-refractivity contribution in [3.05, 3.63) is 0 Å². The molecule has 0 amide bonds. The summed E-state index contributed by atoms with van der Waals surface area (Å²) in [6.07, 6.45) is 18.0. The topological polar surface area (TPSA) is 132 Å². The van der Waals surface area contributed by atoms with Crippen molar-refractivity contribution < 1.29 is 34.8 Å². The maximum atomic E-state index is 14.2. The van der Waals surface area contributed by atoms with Gasteiger partial charge >= 0.3 is 17.9 Å². The van der Waals surface area contributed by atoms with Gasteiger partial charge in [0.15, 0.2) is 5.60 Å². The molecule has 46 heavy (non-hydrogen) atoms. The quantitative estimate of drug-likeness (QED) is 0.0530. The number of rotatable bonds is 32. The number of carboxylic acid groups (broad SMARTS) is 3. The average molecular weight is 655 g/mol. The zero-order valence-corrected chi connectivity index (χ0v) is 30.8. The van der Waals surface area contributed by atoms with Crippen LogP contribution in [0.2, 0.25) is 0 Å². The molecule has 0 bridgehead atoms. The van der Waals surface area contributed by atoms with Crippen molar-refractivity contribution in [3.63, 3.8) is 0 Å². The summed E-state index contributed by atoms with van der Waals surface area (Å²) in [7, 11) is 0. The van der Waals surface area contributed by atoms with E-state index < -0.39 is 52.6 Å². The SMILES string of the molecule is CCCCCC(CCCCC)C(C(=O)O)C(O)(C(=O)O)C(C(=O)O)(C(CCCCC)CCCCC)C(CCCCC)CCCCC. The van der Waals surface area contributed by atoms with Gasteiger partial charge in [-0.15, -0.1) is 0 Å². The largest absolute Gasteiger partial charge is 0.481 e. The number of carbonyl (C=O) groups is 3. The van der Waals surface area contributed by atoms with Gasteiger partial charge in [-0.05, 0) is 56.3 Å². The molecule has 272 valence electrons. The van der Waals surface area contributed by atoms with Crippen LogP contribution in [-0.4, -0.2) is 43.9 Å². The summed E-state index contributed by atoms with van der Waals surface area (Å²) in [6, 6.07) is 0. The predicted molar refractivity (Wildman–Crippen MR) is 189 cm³/mol. The Labute approximate surface area is 282 Å². The van der Waals surface area contributed by atoms with Crippen LogP contribution in [0.1, 0.15) is 196 Å². The van der Waals surface area contributed by atoms with Gasteiger partial charge in [0.2, 0.25) is 0 Å². The maximum Gasteiger partial charge on any atom is 0.337 e. The molecule has 0 aromatic heterocycles. The summed E-state index contributed by atoms with van der Waals surface area (Å²) in [5.74, 6) is -8.01. The number of hydrogen-bond donors (Lipinski definition) is 4. The van der Waals surface area contributed by atoms with Gasteiger partial charge in [-0.3, -0.25) is 9.59 Å². The van der Waals surface area contributed by atoms with Crippen molar-refractivity contribution in [2.45, 2.75) is 201 Å². The third kappa shape index (κ3) is 12.8. The van der Waals surface area contributed by atoms with Crippen LogP contribution >= 0.6 is 0 Å². The van der Waals surface area contributed by atoms with Gasteiger partial charge in [0.05, 0.1) is 0 Å². The lowest BCUT2D eigenvalue weighted by atomic mass is 9.48. The Morgan fingerprint density at radius 3 is 0.957 bits per heavy atom. The summed E-state index contributed by atoms with van der Waals surface area (Å²) < 4.78 is 0. The highest BCUT2D eigenvalue weighted by Crippen LogP contribution is 2.57. The maximum absolute atomic E-state index is 14.2. The van der Waals surface area contributed by atoms with Crippen LogP contribution in [0.5, 0.6) is 0 Å². The molecule has 2 unspecified atom stereocenters. The van der Waals surface area contributed by atoms with Crippen LogP contribution in [0.3, 0.4) is 0 Å². The highest BCUT2D eigenvalue weighted by atomic mass is 16.4. The normalized spacial score (nSPS) is 14.2. The first kappa shape index (κ1) is 44.4. The number of aliphatic hydroxyl groups is 1. The highest BCUT2D eigenvalue weighted by molar-refractivity contribution is 5.94. The van der Waals surface area contributed by atoms with Gasteiger partial charge in [0, 0.05) is 0 Å². The van der Waals surface area contributed by atoms with Crippen LogP contribution < -0.4 is 0 Å². The molecule has 4 N–H and O–H groups in total. The second-order valence-corrected chi connectivity index (χ2v) is 14.2. The van der Waals surface area contributed by atoms with E-state index in [0.717, 1.165) is 116 Å². The summed E-state index contributed by atoms with van der Waals surface area (Å²) >= 11 is 0. The third-order valence-corrected chi connectivity index (χ3v) is 10.8. The fraction of sp³-hybridized carbons (Fsp3) is 0.923. The zero-order chi connectivity index (χ0) is 35.0. The van der Waals surface area contributed by atoms with Gasteiger partial charge < -0.3 is 20.4 Å². The standard InChI is InChI=1S/C39H74O7/c1-7-13-19-25-31(26-20-14-8-2)34(35(40)41)39(46,37(44)45)38(36(42)43,32(27-21-15-9-3)28-22-16-10-4)33(29-23-17-11-5)30-24-18-12-6/h31-34,46H,7-30H2,1-6H3,(H,40,41)(H,42,43)(H,44,45). The van der Waals surface area contributed by atoms with E-state index in [4.69, 9.17) is 0 Å². The summed E-state index contributed by atoms with van der Waals surface area (Å²) in [6.45, 7) is 12.5. The van der Waals surface area contributed by atoms with E-state index in [1.54, 1.807) is 0 Å². The monoisotopic (exact) mass is 655 g/mol. The molecule has 2 atom stereocenters. The van der Waals surface area contributed by atoms with Crippen LogP contribution in [0.4, 0.5) is 0 Å². The first-order valence-corrected chi connectivity index (χ1v) is 19.4. The second-order valence-electron chi connectivity index (χ2n) is 14.2. The Kier molecular flexibility index (Phi) is 24.5. The van der Waals surface area contributed by atoms with Crippen molar-refractivity contribution in [1.82, 2.24) is 0 Å². The highest BCUT2D eigenvalue weighted by Gasteiger charge is 2.72. The van der Waals surface area contributed by atoms with Gasteiger partial charge in [0.1, 0.15) is 11.3 Å². The molecule has 0 aromatic rings. The van der Waals surface area contributed by atoms with E-state index in [2.05, 4.69) is 41.5 Å². The molecule has 0 aliphatic heterocycles. The zero-order valence-electron chi connectivity index (χ0n) is 30.8. The Bertz CT molecular complexity index is 758. The van der Waals surface area contributed by atoms with Gasteiger partial charge in [0.25, 0.3) is 0 Å². The van der Waals surface area contributed by atoms with Crippen molar-refractivity contribution in [2.75, 3.05) is 0 Å². The average Bonchev–Trinajstić information content (AvgIpc) is 3.00. The van der Waals surface area contributed by atoms with Crippen LogP contribution in [0, 0.1) is 29.1 Å². The molecule has 0 aliphatic carbocycles. The lowest BCUT2D eigenvalue weighted by Crippen LogP contribution is -2.70. The van der Waals surface area contributed by atoms with E-state index >= 15 is 0 Å². The lowest BCUT2D eigenvalue weighted by Gasteiger charge is -2.54. The Hall–Kier alpha value is -1.63. The van der Waals surface area contributed by atoms with Crippen molar-refractivity contribution in [1.29, 1.82) is 0 Å². The van der Waals surface area contributed by atoms with E-state index in [-0.39, 0.29) is 0 Å².